The lowest BCUT2D eigenvalue weighted by molar-refractivity contribution is -0.122. The molecule has 0 bridgehead atoms. The molecular formula is C13H11N3O3S2. The molecule has 0 spiro atoms. The minimum Gasteiger partial charge on any atom is -0.302 e. The average molecular weight is 321 g/mol. The lowest BCUT2D eigenvalue weighted by Crippen LogP contribution is -2.27. The van der Waals surface area contributed by atoms with Crippen molar-refractivity contribution >= 4 is 55.5 Å². The van der Waals surface area contributed by atoms with Gasteiger partial charge in [0, 0.05) is 6.42 Å². The first-order valence-corrected chi connectivity index (χ1v) is 7.89. The molecule has 1 saturated heterocycles. The molecule has 1 aromatic carbocycles. The first-order chi connectivity index (χ1) is 10.0. The highest BCUT2D eigenvalue weighted by molar-refractivity contribution is 8.15. The summed E-state index contributed by atoms with van der Waals surface area (Å²) in [6.07, 6.45) is -0.0445. The van der Waals surface area contributed by atoms with Crippen LogP contribution in [0.3, 0.4) is 0 Å². The normalized spacial score (nSPS) is 18.0. The summed E-state index contributed by atoms with van der Waals surface area (Å²) in [6, 6.07) is 5.86. The molecule has 8 heteroatoms. The summed E-state index contributed by atoms with van der Waals surface area (Å²) < 4.78 is 0.994. The van der Waals surface area contributed by atoms with Gasteiger partial charge < -0.3 is 5.32 Å². The quantitative estimate of drug-likeness (QED) is 0.905. The van der Waals surface area contributed by atoms with E-state index < -0.39 is 16.4 Å². The van der Waals surface area contributed by atoms with E-state index in [1.807, 2.05) is 25.1 Å². The highest BCUT2D eigenvalue weighted by atomic mass is 32.2. The molecule has 0 saturated carbocycles. The fourth-order valence-corrected chi connectivity index (χ4v) is 3.75. The Bertz CT molecular complexity index is 756. The third-order valence-electron chi connectivity index (χ3n) is 2.93. The van der Waals surface area contributed by atoms with Crippen LogP contribution in [0.5, 0.6) is 0 Å². The van der Waals surface area contributed by atoms with Crippen LogP contribution in [0.2, 0.25) is 0 Å². The molecule has 6 nitrogen and oxygen atoms in total. The van der Waals surface area contributed by atoms with Gasteiger partial charge in [-0.3, -0.25) is 19.7 Å². The van der Waals surface area contributed by atoms with Gasteiger partial charge in [-0.05, 0) is 24.6 Å². The van der Waals surface area contributed by atoms with Gasteiger partial charge in [0.15, 0.2) is 5.13 Å². The molecule has 0 aliphatic carbocycles. The van der Waals surface area contributed by atoms with E-state index in [0.29, 0.717) is 5.13 Å². The van der Waals surface area contributed by atoms with Gasteiger partial charge in [-0.25, -0.2) is 4.98 Å². The van der Waals surface area contributed by atoms with Crippen LogP contribution in [0.4, 0.5) is 9.93 Å². The van der Waals surface area contributed by atoms with Gasteiger partial charge in [-0.1, -0.05) is 29.2 Å². The van der Waals surface area contributed by atoms with Gasteiger partial charge in [-0.2, -0.15) is 0 Å². The van der Waals surface area contributed by atoms with Gasteiger partial charge in [0.05, 0.1) is 10.2 Å². The number of thiazole rings is 1. The minimum atomic E-state index is -0.658. The Morgan fingerprint density at radius 1 is 1.43 bits per heavy atom. The average Bonchev–Trinajstić information content (AvgIpc) is 2.91. The van der Waals surface area contributed by atoms with Crippen LogP contribution in [-0.4, -0.2) is 27.3 Å². The number of thioether (sulfide) groups is 1. The molecule has 3 rings (SSSR count). The molecule has 2 aromatic rings. The van der Waals surface area contributed by atoms with Gasteiger partial charge in [0.1, 0.15) is 5.25 Å². The lowest BCUT2D eigenvalue weighted by atomic mass is 10.2. The van der Waals surface area contributed by atoms with Crippen LogP contribution >= 0.6 is 23.1 Å². The van der Waals surface area contributed by atoms with E-state index in [-0.39, 0.29) is 12.3 Å². The van der Waals surface area contributed by atoms with Gasteiger partial charge in [0.2, 0.25) is 11.8 Å². The van der Waals surface area contributed by atoms with Crippen molar-refractivity contribution < 1.29 is 14.4 Å². The third-order valence-corrected chi connectivity index (χ3v) is 4.84. The largest absolute Gasteiger partial charge is 0.302 e. The summed E-state index contributed by atoms with van der Waals surface area (Å²) >= 11 is 2.22. The molecule has 0 radical (unpaired) electrons. The van der Waals surface area contributed by atoms with Gasteiger partial charge in [0.25, 0.3) is 5.24 Å². The predicted octanol–water partition coefficient (Wildman–Crippen LogP) is 2.28. The minimum absolute atomic E-state index is 0.0445. The van der Waals surface area contributed by atoms with Crippen molar-refractivity contribution in [2.75, 3.05) is 5.32 Å². The molecule has 1 aliphatic rings. The zero-order valence-corrected chi connectivity index (χ0v) is 12.6. The first kappa shape index (κ1) is 14.0. The molecule has 2 heterocycles. The van der Waals surface area contributed by atoms with Crippen molar-refractivity contribution in [1.29, 1.82) is 0 Å². The summed E-state index contributed by atoms with van der Waals surface area (Å²) in [5, 5.41) is 4.26. The molecular weight excluding hydrogens is 310 g/mol. The summed E-state index contributed by atoms with van der Waals surface area (Å²) in [7, 11) is 0. The molecule has 2 N–H and O–H groups in total. The van der Waals surface area contributed by atoms with Crippen molar-refractivity contribution in [1.82, 2.24) is 10.3 Å². The van der Waals surface area contributed by atoms with E-state index in [1.54, 1.807) is 0 Å². The van der Waals surface area contributed by atoms with Crippen molar-refractivity contribution in [2.45, 2.75) is 18.6 Å². The second-order valence-corrected chi connectivity index (χ2v) is 6.83. The van der Waals surface area contributed by atoms with E-state index in [4.69, 9.17) is 0 Å². The Balaban J connectivity index is 1.68. The van der Waals surface area contributed by atoms with Crippen molar-refractivity contribution in [3.05, 3.63) is 23.8 Å². The Hall–Kier alpha value is -1.93. The standard InChI is InChI=1S/C13H11N3O3S2/c1-6-2-3-7-8(4-6)20-12(14-7)15-10(17)5-9-11(18)16-13(19)21-9/h2-4,9H,5H2,1H3,(H,14,15,17)(H,16,18,19). The number of fused-ring (bicyclic) bond motifs is 1. The number of aryl methyl sites for hydroxylation is 1. The molecule has 1 aliphatic heterocycles. The Labute approximate surface area is 128 Å². The number of anilines is 1. The Morgan fingerprint density at radius 3 is 2.95 bits per heavy atom. The number of hydrogen-bond acceptors (Lipinski definition) is 6. The van der Waals surface area contributed by atoms with E-state index in [9.17, 15) is 14.4 Å². The highest BCUT2D eigenvalue weighted by Crippen LogP contribution is 2.27. The number of carbonyl (C=O) groups is 3. The van der Waals surface area contributed by atoms with Gasteiger partial charge in [-0.15, -0.1) is 0 Å². The fourth-order valence-electron chi connectivity index (χ4n) is 1.95. The van der Waals surface area contributed by atoms with Crippen LogP contribution in [-0.2, 0) is 9.59 Å². The van der Waals surface area contributed by atoms with Crippen LogP contribution in [0, 0.1) is 6.92 Å². The predicted molar refractivity (Wildman–Crippen MR) is 82.5 cm³/mol. The topological polar surface area (TPSA) is 88.2 Å². The first-order valence-electron chi connectivity index (χ1n) is 6.20. The van der Waals surface area contributed by atoms with E-state index in [0.717, 1.165) is 27.5 Å². The number of benzene rings is 1. The highest BCUT2D eigenvalue weighted by Gasteiger charge is 2.33. The SMILES string of the molecule is Cc1ccc2nc(NC(=O)CC3SC(=O)NC3=O)sc2c1. The molecule has 1 aromatic heterocycles. The fraction of sp³-hybridized carbons (Fsp3) is 0.231. The molecule has 1 atom stereocenters. The zero-order chi connectivity index (χ0) is 15.0. The Kier molecular flexibility index (Phi) is 3.64. The van der Waals surface area contributed by atoms with Crippen LogP contribution < -0.4 is 10.6 Å². The number of hydrogen-bond donors (Lipinski definition) is 2. The monoisotopic (exact) mass is 321 g/mol. The van der Waals surface area contributed by atoms with Crippen LogP contribution in [0.1, 0.15) is 12.0 Å². The van der Waals surface area contributed by atoms with E-state index in [2.05, 4.69) is 15.6 Å². The lowest BCUT2D eigenvalue weighted by Gasteiger charge is -2.04. The van der Waals surface area contributed by atoms with E-state index >= 15 is 0 Å². The molecule has 1 fully saturated rings. The maximum absolute atomic E-state index is 11.9. The number of amides is 3. The van der Waals surface area contributed by atoms with Crippen molar-refractivity contribution in [3.8, 4) is 0 Å². The maximum Gasteiger partial charge on any atom is 0.286 e. The number of imide groups is 1. The number of rotatable bonds is 3. The van der Waals surface area contributed by atoms with Crippen LogP contribution in [0.15, 0.2) is 18.2 Å². The molecule has 21 heavy (non-hydrogen) atoms. The number of aromatic nitrogens is 1. The summed E-state index contributed by atoms with van der Waals surface area (Å²) in [5.74, 6) is -0.742. The zero-order valence-electron chi connectivity index (χ0n) is 11.0. The third kappa shape index (κ3) is 3.06. The number of nitrogens with zero attached hydrogens (tertiary/aromatic N) is 1. The summed E-state index contributed by atoms with van der Waals surface area (Å²) in [4.78, 5) is 38.7. The maximum atomic E-state index is 11.9. The number of nitrogens with one attached hydrogen (secondary N) is 2. The second kappa shape index (κ2) is 5.45. The van der Waals surface area contributed by atoms with E-state index in [1.165, 1.54) is 11.3 Å². The molecule has 1 unspecified atom stereocenters. The number of carbonyl (C=O) groups excluding carboxylic acids is 3. The van der Waals surface area contributed by atoms with Gasteiger partial charge >= 0.3 is 0 Å². The molecule has 3 amide bonds. The molecule has 108 valence electrons. The smallest absolute Gasteiger partial charge is 0.286 e. The van der Waals surface area contributed by atoms with Crippen molar-refractivity contribution in [2.24, 2.45) is 0 Å². The second-order valence-electron chi connectivity index (χ2n) is 4.63. The van der Waals surface area contributed by atoms with Crippen molar-refractivity contribution in [3.63, 3.8) is 0 Å². The Morgan fingerprint density at radius 2 is 2.24 bits per heavy atom. The summed E-state index contributed by atoms with van der Waals surface area (Å²) in [5.41, 5.74) is 1.95. The van der Waals surface area contributed by atoms with Crippen LogP contribution in [0.25, 0.3) is 10.2 Å². The summed E-state index contributed by atoms with van der Waals surface area (Å²) in [6.45, 7) is 1.99.